The molecule has 1 aromatic rings. The van der Waals surface area contributed by atoms with E-state index in [1.165, 1.54) is 32.4 Å². The molecule has 108 valence electrons. The molecule has 0 bridgehead atoms. The van der Waals surface area contributed by atoms with Crippen LogP contribution in [0.25, 0.3) is 0 Å². The van der Waals surface area contributed by atoms with Gasteiger partial charge in [-0.3, -0.25) is 0 Å². The van der Waals surface area contributed by atoms with Crippen LogP contribution in [0.5, 0.6) is 0 Å². The van der Waals surface area contributed by atoms with Gasteiger partial charge in [-0.15, -0.1) is 0 Å². The van der Waals surface area contributed by atoms with E-state index >= 15 is 0 Å². The summed E-state index contributed by atoms with van der Waals surface area (Å²) in [4.78, 5) is 2.57. The third-order valence-electron chi connectivity index (χ3n) is 3.96. The van der Waals surface area contributed by atoms with Gasteiger partial charge in [0.2, 0.25) is 0 Å². The first-order valence-corrected chi connectivity index (χ1v) is 7.66. The minimum Gasteiger partial charge on any atom is -0.384 e. The first-order valence-electron chi connectivity index (χ1n) is 7.66. The summed E-state index contributed by atoms with van der Waals surface area (Å²) >= 11 is 0. The van der Waals surface area contributed by atoms with Gasteiger partial charge in [-0.1, -0.05) is 19.4 Å². The fraction of sp³-hybridized carbons (Fsp3) is 0.588. The van der Waals surface area contributed by atoms with Crippen LogP contribution < -0.4 is 5.32 Å². The van der Waals surface area contributed by atoms with E-state index in [-0.39, 0.29) is 0 Å². The molecule has 1 unspecified atom stereocenters. The van der Waals surface area contributed by atoms with E-state index in [9.17, 15) is 5.26 Å². The second-order valence-electron chi connectivity index (χ2n) is 6.01. The van der Waals surface area contributed by atoms with Gasteiger partial charge < -0.3 is 10.2 Å². The zero-order valence-electron chi connectivity index (χ0n) is 12.7. The van der Waals surface area contributed by atoms with E-state index in [0.29, 0.717) is 5.92 Å². The predicted octanol–water partition coefficient (Wildman–Crippen LogP) is 3.40. The zero-order valence-corrected chi connectivity index (χ0v) is 12.7. The molecule has 0 saturated carbocycles. The molecule has 20 heavy (non-hydrogen) atoms. The number of likely N-dealkylation sites (tertiary alicyclic amines) is 1. The second kappa shape index (κ2) is 7.31. The monoisotopic (exact) mass is 271 g/mol. The zero-order chi connectivity index (χ0) is 14.4. The minimum atomic E-state index is 0.598. The quantitative estimate of drug-likeness (QED) is 0.892. The van der Waals surface area contributed by atoms with Crippen LogP contribution in [0.15, 0.2) is 18.2 Å². The van der Waals surface area contributed by atoms with Gasteiger partial charge in [-0.2, -0.15) is 5.26 Å². The Bertz CT molecular complexity index is 470. The summed E-state index contributed by atoms with van der Waals surface area (Å²) in [6.07, 6.45) is 4.07. The molecule has 0 aromatic heterocycles. The maximum Gasteiger partial charge on any atom is 0.101 e. The number of hydrogen-bond acceptors (Lipinski definition) is 3. The van der Waals surface area contributed by atoms with Crippen molar-refractivity contribution in [3.8, 4) is 6.07 Å². The molecule has 1 aliphatic rings. The standard InChI is InChI=1S/C17H25N3/c1-14-6-7-17(16(10-14)11-18)19-12-15(2)13-20-8-4-3-5-9-20/h6-7,10,15,19H,3-5,8-9,12-13H2,1-2H3. The van der Waals surface area contributed by atoms with Crippen molar-refractivity contribution in [2.75, 3.05) is 31.5 Å². The van der Waals surface area contributed by atoms with E-state index in [0.717, 1.165) is 29.9 Å². The third kappa shape index (κ3) is 4.25. The Morgan fingerprint density at radius 2 is 2.05 bits per heavy atom. The van der Waals surface area contributed by atoms with Crippen molar-refractivity contribution in [1.29, 1.82) is 5.26 Å². The van der Waals surface area contributed by atoms with Gasteiger partial charge >= 0.3 is 0 Å². The lowest BCUT2D eigenvalue weighted by Crippen LogP contribution is -2.35. The SMILES string of the molecule is Cc1ccc(NCC(C)CN2CCCCC2)c(C#N)c1. The summed E-state index contributed by atoms with van der Waals surface area (Å²) in [7, 11) is 0. The average Bonchev–Trinajstić information content (AvgIpc) is 2.47. The fourth-order valence-corrected chi connectivity index (χ4v) is 2.84. The van der Waals surface area contributed by atoms with Crippen molar-refractivity contribution >= 4 is 5.69 Å². The maximum atomic E-state index is 9.17. The molecule has 2 rings (SSSR count). The van der Waals surface area contributed by atoms with Crippen LogP contribution in [0, 0.1) is 24.2 Å². The lowest BCUT2D eigenvalue weighted by Gasteiger charge is -2.29. The number of aryl methyl sites for hydroxylation is 1. The second-order valence-corrected chi connectivity index (χ2v) is 6.01. The third-order valence-corrected chi connectivity index (χ3v) is 3.96. The minimum absolute atomic E-state index is 0.598. The molecule has 1 fully saturated rings. The Balaban J connectivity index is 1.83. The Labute approximate surface area is 122 Å². The van der Waals surface area contributed by atoms with Crippen LogP contribution in [0.4, 0.5) is 5.69 Å². The average molecular weight is 271 g/mol. The van der Waals surface area contributed by atoms with Gasteiger partial charge in [0.1, 0.15) is 6.07 Å². The number of piperidine rings is 1. The van der Waals surface area contributed by atoms with Gasteiger partial charge in [-0.05, 0) is 56.5 Å². The van der Waals surface area contributed by atoms with E-state index in [1.54, 1.807) is 0 Å². The molecule has 1 N–H and O–H groups in total. The molecule has 1 aliphatic heterocycles. The molecule has 1 saturated heterocycles. The van der Waals surface area contributed by atoms with Crippen molar-refractivity contribution < 1.29 is 0 Å². The van der Waals surface area contributed by atoms with Gasteiger partial charge in [0.05, 0.1) is 11.3 Å². The molecule has 0 spiro atoms. The molecule has 0 radical (unpaired) electrons. The molecule has 1 aromatic carbocycles. The molecule has 3 heteroatoms. The number of nitrogens with one attached hydrogen (secondary N) is 1. The van der Waals surface area contributed by atoms with Crippen molar-refractivity contribution in [3.05, 3.63) is 29.3 Å². The Morgan fingerprint density at radius 1 is 1.30 bits per heavy atom. The highest BCUT2D eigenvalue weighted by Gasteiger charge is 2.13. The lowest BCUT2D eigenvalue weighted by molar-refractivity contribution is 0.204. The smallest absolute Gasteiger partial charge is 0.101 e. The van der Waals surface area contributed by atoms with Gasteiger partial charge in [0, 0.05) is 13.1 Å². The molecular weight excluding hydrogens is 246 g/mol. The van der Waals surface area contributed by atoms with E-state index in [1.807, 2.05) is 19.1 Å². The van der Waals surface area contributed by atoms with Crippen LogP contribution in [-0.4, -0.2) is 31.1 Å². The van der Waals surface area contributed by atoms with Crippen molar-refractivity contribution in [3.63, 3.8) is 0 Å². The molecular formula is C17H25N3. The van der Waals surface area contributed by atoms with Crippen LogP contribution in [0.3, 0.4) is 0 Å². The highest BCUT2D eigenvalue weighted by atomic mass is 15.1. The molecule has 1 atom stereocenters. The van der Waals surface area contributed by atoms with Gasteiger partial charge in [-0.25, -0.2) is 0 Å². The fourth-order valence-electron chi connectivity index (χ4n) is 2.84. The summed E-state index contributed by atoms with van der Waals surface area (Å²) in [5.41, 5.74) is 2.84. The summed E-state index contributed by atoms with van der Waals surface area (Å²) < 4.78 is 0. The Hall–Kier alpha value is -1.53. The molecule has 0 amide bonds. The molecule has 1 heterocycles. The normalized spacial score (nSPS) is 17.4. The van der Waals surface area contributed by atoms with E-state index in [2.05, 4.69) is 29.3 Å². The highest BCUT2D eigenvalue weighted by Crippen LogP contribution is 2.17. The highest BCUT2D eigenvalue weighted by molar-refractivity contribution is 5.58. The summed E-state index contributed by atoms with van der Waals surface area (Å²) in [6, 6.07) is 8.28. The molecule has 3 nitrogen and oxygen atoms in total. The summed E-state index contributed by atoms with van der Waals surface area (Å²) in [5, 5.41) is 12.6. The van der Waals surface area contributed by atoms with Crippen LogP contribution in [0.2, 0.25) is 0 Å². The number of nitrogens with zero attached hydrogens (tertiary/aromatic N) is 2. The lowest BCUT2D eigenvalue weighted by atomic mass is 10.1. The van der Waals surface area contributed by atoms with E-state index < -0.39 is 0 Å². The number of hydrogen-bond donors (Lipinski definition) is 1. The Morgan fingerprint density at radius 3 is 2.75 bits per heavy atom. The van der Waals surface area contributed by atoms with Gasteiger partial charge in [0.15, 0.2) is 0 Å². The van der Waals surface area contributed by atoms with Crippen molar-refractivity contribution in [2.45, 2.75) is 33.1 Å². The number of anilines is 1. The summed E-state index contributed by atoms with van der Waals surface area (Å²) in [5.74, 6) is 0.598. The number of nitriles is 1. The Kier molecular flexibility index (Phi) is 5.43. The van der Waals surface area contributed by atoms with E-state index in [4.69, 9.17) is 0 Å². The van der Waals surface area contributed by atoms with Gasteiger partial charge in [0.25, 0.3) is 0 Å². The van der Waals surface area contributed by atoms with Crippen LogP contribution in [0.1, 0.15) is 37.3 Å². The van der Waals surface area contributed by atoms with Crippen molar-refractivity contribution in [1.82, 2.24) is 4.90 Å². The van der Waals surface area contributed by atoms with Crippen LogP contribution >= 0.6 is 0 Å². The predicted molar refractivity (Wildman–Crippen MR) is 83.8 cm³/mol. The largest absolute Gasteiger partial charge is 0.384 e. The first-order chi connectivity index (χ1) is 9.69. The number of benzene rings is 1. The van der Waals surface area contributed by atoms with Crippen molar-refractivity contribution in [2.24, 2.45) is 5.92 Å². The summed E-state index contributed by atoms with van der Waals surface area (Å²) in [6.45, 7) is 8.87. The topological polar surface area (TPSA) is 39.1 Å². The molecule has 0 aliphatic carbocycles. The van der Waals surface area contributed by atoms with Crippen LogP contribution in [-0.2, 0) is 0 Å². The number of rotatable bonds is 5. The maximum absolute atomic E-state index is 9.17. The first kappa shape index (κ1) is 14.9.